The summed E-state index contributed by atoms with van der Waals surface area (Å²) in [5.41, 5.74) is 2.08. The van der Waals surface area contributed by atoms with Crippen LogP contribution < -0.4 is 5.32 Å². The lowest BCUT2D eigenvalue weighted by atomic mass is 10.1. The standard InChI is InChI=1S/C13H18N2O2S/c16-18(17,11-3-1-2-4-11)13-6-5-10-9-14-8-7-12(10)15-13/h5-6,11,14H,1-4,7-9H2. The van der Waals surface area contributed by atoms with Crippen molar-refractivity contribution in [2.75, 3.05) is 6.54 Å². The van der Waals surface area contributed by atoms with Crippen LogP contribution in [0.5, 0.6) is 0 Å². The van der Waals surface area contributed by atoms with Gasteiger partial charge in [-0.15, -0.1) is 0 Å². The minimum absolute atomic E-state index is 0.204. The van der Waals surface area contributed by atoms with E-state index in [4.69, 9.17) is 0 Å². The van der Waals surface area contributed by atoms with Crippen LogP contribution in [0, 0.1) is 0 Å². The molecule has 2 aliphatic rings. The Balaban J connectivity index is 1.96. The highest BCUT2D eigenvalue weighted by molar-refractivity contribution is 7.92. The lowest BCUT2D eigenvalue weighted by molar-refractivity contribution is 0.571. The number of aromatic nitrogens is 1. The van der Waals surface area contributed by atoms with Crippen molar-refractivity contribution in [3.05, 3.63) is 23.4 Å². The summed E-state index contributed by atoms with van der Waals surface area (Å²) in [6.07, 6.45) is 4.46. The Kier molecular flexibility index (Phi) is 3.11. The van der Waals surface area contributed by atoms with Crippen LogP contribution in [-0.2, 0) is 22.8 Å². The molecule has 0 aromatic carbocycles. The number of pyridine rings is 1. The van der Waals surface area contributed by atoms with E-state index in [9.17, 15) is 8.42 Å². The fourth-order valence-corrected chi connectivity index (χ4v) is 4.64. The fraction of sp³-hybridized carbons (Fsp3) is 0.615. The second-order valence-electron chi connectivity index (χ2n) is 5.13. The van der Waals surface area contributed by atoms with Crippen molar-refractivity contribution in [2.45, 2.75) is 48.9 Å². The molecule has 0 radical (unpaired) electrons. The molecule has 3 rings (SSSR count). The van der Waals surface area contributed by atoms with Gasteiger partial charge < -0.3 is 5.32 Å². The maximum atomic E-state index is 12.4. The quantitative estimate of drug-likeness (QED) is 0.880. The zero-order valence-corrected chi connectivity index (χ0v) is 11.2. The Morgan fingerprint density at radius 2 is 2.00 bits per heavy atom. The molecule has 1 aliphatic heterocycles. The number of sulfone groups is 1. The van der Waals surface area contributed by atoms with Gasteiger partial charge in [0, 0.05) is 25.2 Å². The highest BCUT2D eigenvalue weighted by atomic mass is 32.2. The molecule has 0 bridgehead atoms. The first-order chi connectivity index (χ1) is 8.68. The van der Waals surface area contributed by atoms with E-state index in [1.165, 1.54) is 0 Å². The summed E-state index contributed by atoms with van der Waals surface area (Å²) >= 11 is 0. The summed E-state index contributed by atoms with van der Waals surface area (Å²) in [5, 5.41) is 3.35. The third kappa shape index (κ3) is 2.06. The predicted molar refractivity (Wildman–Crippen MR) is 69.1 cm³/mol. The predicted octanol–water partition coefficient (Wildman–Crippen LogP) is 1.44. The largest absolute Gasteiger partial charge is 0.312 e. The van der Waals surface area contributed by atoms with Crippen molar-refractivity contribution < 1.29 is 8.42 Å². The monoisotopic (exact) mass is 266 g/mol. The summed E-state index contributed by atoms with van der Waals surface area (Å²) in [5.74, 6) is 0. The Hall–Kier alpha value is -0.940. The molecule has 0 unspecified atom stereocenters. The van der Waals surface area contributed by atoms with Gasteiger partial charge in [-0.2, -0.15) is 0 Å². The van der Waals surface area contributed by atoms with Gasteiger partial charge in [-0.1, -0.05) is 18.9 Å². The summed E-state index contributed by atoms with van der Waals surface area (Å²) in [7, 11) is -3.20. The van der Waals surface area contributed by atoms with Crippen LogP contribution in [0.1, 0.15) is 36.9 Å². The Bertz CT molecular complexity index is 548. The molecule has 0 saturated heterocycles. The molecule has 0 spiro atoms. The first-order valence-electron chi connectivity index (χ1n) is 6.61. The van der Waals surface area contributed by atoms with E-state index < -0.39 is 9.84 Å². The molecule has 1 fully saturated rings. The van der Waals surface area contributed by atoms with Crippen LogP contribution in [0.25, 0.3) is 0 Å². The average Bonchev–Trinajstić information content (AvgIpc) is 2.92. The van der Waals surface area contributed by atoms with Crippen LogP contribution in [-0.4, -0.2) is 25.2 Å². The van der Waals surface area contributed by atoms with Gasteiger partial charge in [0.05, 0.1) is 5.25 Å². The van der Waals surface area contributed by atoms with Gasteiger partial charge >= 0.3 is 0 Å². The minimum Gasteiger partial charge on any atom is -0.312 e. The molecule has 5 heteroatoms. The van der Waals surface area contributed by atoms with Gasteiger partial charge in [-0.3, -0.25) is 0 Å². The molecule has 18 heavy (non-hydrogen) atoms. The van der Waals surface area contributed by atoms with Gasteiger partial charge in [-0.25, -0.2) is 13.4 Å². The molecular formula is C13H18N2O2S. The average molecular weight is 266 g/mol. The van der Waals surface area contributed by atoms with Crippen molar-refractivity contribution >= 4 is 9.84 Å². The minimum atomic E-state index is -3.20. The maximum Gasteiger partial charge on any atom is 0.198 e. The van der Waals surface area contributed by atoms with Crippen LogP contribution >= 0.6 is 0 Å². The van der Waals surface area contributed by atoms with Gasteiger partial charge in [0.2, 0.25) is 0 Å². The molecule has 1 aromatic rings. The van der Waals surface area contributed by atoms with Crippen LogP contribution in [0.4, 0.5) is 0 Å². The van der Waals surface area contributed by atoms with Crippen molar-refractivity contribution in [3.63, 3.8) is 0 Å². The summed E-state index contributed by atoms with van der Waals surface area (Å²) in [6.45, 7) is 1.68. The van der Waals surface area contributed by atoms with E-state index in [1.54, 1.807) is 6.07 Å². The Morgan fingerprint density at radius 3 is 2.78 bits per heavy atom. The smallest absolute Gasteiger partial charge is 0.198 e. The molecule has 4 nitrogen and oxygen atoms in total. The van der Waals surface area contributed by atoms with Crippen molar-refractivity contribution in [2.24, 2.45) is 0 Å². The number of fused-ring (bicyclic) bond motifs is 1. The molecule has 1 aromatic heterocycles. The molecule has 1 N–H and O–H groups in total. The van der Waals surface area contributed by atoms with E-state index in [0.717, 1.165) is 56.5 Å². The van der Waals surface area contributed by atoms with Gasteiger partial charge in [0.15, 0.2) is 14.9 Å². The van der Waals surface area contributed by atoms with Gasteiger partial charge in [0.1, 0.15) is 0 Å². The third-order valence-corrected chi connectivity index (χ3v) is 6.09. The first-order valence-corrected chi connectivity index (χ1v) is 8.16. The van der Waals surface area contributed by atoms with E-state index in [2.05, 4.69) is 10.3 Å². The van der Waals surface area contributed by atoms with Crippen molar-refractivity contribution in [3.8, 4) is 0 Å². The normalized spacial score (nSPS) is 20.9. The van der Waals surface area contributed by atoms with Crippen LogP contribution in [0.3, 0.4) is 0 Å². The summed E-state index contributed by atoms with van der Waals surface area (Å²) < 4.78 is 24.9. The summed E-state index contributed by atoms with van der Waals surface area (Å²) in [4.78, 5) is 4.40. The molecule has 1 aliphatic carbocycles. The van der Waals surface area contributed by atoms with E-state index in [1.807, 2.05) is 6.07 Å². The first kappa shape index (κ1) is 12.1. The van der Waals surface area contributed by atoms with Crippen LogP contribution in [0.15, 0.2) is 17.2 Å². The number of hydrogen-bond donors (Lipinski definition) is 1. The highest BCUT2D eigenvalue weighted by Gasteiger charge is 2.31. The lowest BCUT2D eigenvalue weighted by Gasteiger charge is -2.18. The number of hydrogen-bond acceptors (Lipinski definition) is 4. The van der Waals surface area contributed by atoms with Crippen molar-refractivity contribution in [1.82, 2.24) is 10.3 Å². The van der Waals surface area contributed by atoms with Crippen molar-refractivity contribution in [1.29, 1.82) is 0 Å². The van der Waals surface area contributed by atoms with E-state index in [-0.39, 0.29) is 10.3 Å². The van der Waals surface area contributed by atoms with Crippen LogP contribution in [0.2, 0.25) is 0 Å². The topological polar surface area (TPSA) is 59.1 Å². The highest BCUT2D eigenvalue weighted by Crippen LogP contribution is 2.29. The molecule has 1 saturated carbocycles. The lowest BCUT2D eigenvalue weighted by Crippen LogP contribution is -2.26. The Labute approximate surface area is 108 Å². The fourth-order valence-electron chi connectivity index (χ4n) is 2.85. The second-order valence-corrected chi connectivity index (χ2v) is 7.31. The third-order valence-electron chi connectivity index (χ3n) is 3.93. The van der Waals surface area contributed by atoms with Gasteiger partial charge in [-0.05, 0) is 24.5 Å². The van der Waals surface area contributed by atoms with E-state index >= 15 is 0 Å². The number of nitrogens with zero attached hydrogens (tertiary/aromatic N) is 1. The number of nitrogens with one attached hydrogen (secondary N) is 1. The number of rotatable bonds is 2. The van der Waals surface area contributed by atoms with E-state index in [0.29, 0.717) is 0 Å². The molecule has 0 atom stereocenters. The zero-order chi connectivity index (χ0) is 12.6. The molecule has 0 amide bonds. The maximum absolute atomic E-state index is 12.4. The second kappa shape index (κ2) is 4.63. The molecular weight excluding hydrogens is 248 g/mol. The molecule has 2 heterocycles. The SMILES string of the molecule is O=S(=O)(c1ccc2c(n1)CCNC2)C1CCCC1. The zero-order valence-electron chi connectivity index (χ0n) is 10.4. The molecule has 98 valence electrons. The Morgan fingerprint density at radius 1 is 1.22 bits per heavy atom. The summed E-state index contributed by atoms with van der Waals surface area (Å²) in [6, 6.07) is 3.59. The van der Waals surface area contributed by atoms with Gasteiger partial charge in [0.25, 0.3) is 0 Å².